The molecule has 0 bridgehead atoms. The number of amides is 1. The highest BCUT2D eigenvalue weighted by Gasteiger charge is 2.13. The second-order valence-electron chi connectivity index (χ2n) is 3.75. The molecular formula is C12H10Br2N4O. The first-order valence-electron chi connectivity index (χ1n) is 5.34. The van der Waals surface area contributed by atoms with E-state index in [0.29, 0.717) is 10.2 Å². The molecule has 2 rings (SSSR count). The van der Waals surface area contributed by atoms with Gasteiger partial charge in [-0.1, -0.05) is 28.1 Å². The Bertz CT molecular complexity index is 619. The highest BCUT2D eigenvalue weighted by molar-refractivity contribution is 9.10. The Labute approximate surface area is 127 Å². The molecule has 19 heavy (non-hydrogen) atoms. The molecule has 0 saturated carbocycles. The van der Waals surface area contributed by atoms with E-state index in [1.54, 1.807) is 24.1 Å². The van der Waals surface area contributed by atoms with Crippen LogP contribution >= 0.6 is 31.9 Å². The molecule has 0 aliphatic heterocycles. The van der Waals surface area contributed by atoms with E-state index in [2.05, 4.69) is 47.5 Å². The Morgan fingerprint density at radius 2 is 2.05 bits per heavy atom. The predicted molar refractivity (Wildman–Crippen MR) is 80.1 cm³/mol. The zero-order valence-electron chi connectivity index (χ0n) is 9.97. The van der Waals surface area contributed by atoms with Gasteiger partial charge in [0.1, 0.15) is 0 Å². The summed E-state index contributed by atoms with van der Waals surface area (Å²) in [5.74, 6) is -0.360. The first-order valence-corrected chi connectivity index (χ1v) is 6.93. The minimum atomic E-state index is -0.360. The molecule has 0 unspecified atom stereocenters. The van der Waals surface area contributed by atoms with Crippen molar-refractivity contribution in [2.75, 3.05) is 0 Å². The fourth-order valence-electron chi connectivity index (χ4n) is 1.38. The van der Waals surface area contributed by atoms with E-state index in [1.165, 1.54) is 0 Å². The SMILES string of the molecule is Cn1cc(Br)c(C(=O)N/N=C/c2ccc(Br)cc2)n1. The maximum Gasteiger partial charge on any atom is 0.293 e. The molecule has 0 atom stereocenters. The number of nitrogens with zero attached hydrogens (tertiary/aromatic N) is 3. The van der Waals surface area contributed by atoms with Gasteiger partial charge in [-0.3, -0.25) is 9.48 Å². The lowest BCUT2D eigenvalue weighted by Gasteiger charge is -1.97. The largest absolute Gasteiger partial charge is 0.293 e. The van der Waals surface area contributed by atoms with Crippen molar-refractivity contribution in [3.8, 4) is 0 Å². The predicted octanol–water partition coefficient (Wildman–Crippen LogP) is 2.71. The molecule has 2 aromatic rings. The third-order valence-corrected chi connectivity index (χ3v) is 3.36. The standard InChI is InChI=1S/C12H10Br2N4O/c1-18-7-10(14)11(17-18)12(19)16-15-6-8-2-4-9(13)5-3-8/h2-7H,1H3,(H,16,19)/b15-6+. The van der Waals surface area contributed by atoms with Gasteiger partial charge in [0.05, 0.1) is 10.7 Å². The van der Waals surface area contributed by atoms with E-state index < -0.39 is 0 Å². The molecule has 1 heterocycles. The molecule has 0 aliphatic carbocycles. The molecule has 7 heteroatoms. The van der Waals surface area contributed by atoms with Gasteiger partial charge in [0.15, 0.2) is 5.69 Å². The first-order chi connectivity index (χ1) is 9.06. The Balaban J connectivity index is 2.00. The van der Waals surface area contributed by atoms with Gasteiger partial charge < -0.3 is 0 Å². The maximum absolute atomic E-state index is 11.8. The minimum Gasteiger partial charge on any atom is -0.274 e. The Hall–Kier alpha value is -1.47. The van der Waals surface area contributed by atoms with Crippen molar-refractivity contribution >= 4 is 44.0 Å². The highest BCUT2D eigenvalue weighted by Crippen LogP contribution is 2.13. The summed E-state index contributed by atoms with van der Waals surface area (Å²) in [6.45, 7) is 0. The number of nitrogens with one attached hydrogen (secondary N) is 1. The van der Waals surface area contributed by atoms with Crippen LogP contribution in [0.1, 0.15) is 16.1 Å². The molecule has 5 nitrogen and oxygen atoms in total. The Morgan fingerprint density at radius 3 is 2.63 bits per heavy atom. The van der Waals surface area contributed by atoms with Crippen molar-refractivity contribution in [2.45, 2.75) is 0 Å². The van der Waals surface area contributed by atoms with Gasteiger partial charge >= 0.3 is 0 Å². The van der Waals surface area contributed by atoms with Crippen LogP contribution in [0, 0.1) is 0 Å². The zero-order chi connectivity index (χ0) is 13.8. The van der Waals surface area contributed by atoms with E-state index in [9.17, 15) is 4.79 Å². The molecular weight excluding hydrogens is 376 g/mol. The number of carbonyl (C=O) groups excluding carboxylic acids is 1. The van der Waals surface area contributed by atoms with Gasteiger partial charge in [-0.25, -0.2) is 5.43 Å². The molecule has 0 fully saturated rings. The highest BCUT2D eigenvalue weighted by atomic mass is 79.9. The quantitative estimate of drug-likeness (QED) is 0.652. The summed E-state index contributed by atoms with van der Waals surface area (Å²) in [7, 11) is 1.74. The summed E-state index contributed by atoms with van der Waals surface area (Å²) in [5, 5.41) is 7.91. The van der Waals surface area contributed by atoms with Gasteiger partial charge in [-0.2, -0.15) is 10.2 Å². The fourth-order valence-corrected chi connectivity index (χ4v) is 2.20. The Morgan fingerprint density at radius 1 is 1.37 bits per heavy atom. The van der Waals surface area contributed by atoms with Crippen molar-refractivity contribution in [3.63, 3.8) is 0 Å². The number of aromatic nitrogens is 2. The third-order valence-electron chi connectivity index (χ3n) is 2.25. The van der Waals surface area contributed by atoms with Gasteiger partial charge in [0.25, 0.3) is 5.91 Å². The molecule has 1 aromatic carbocycles. The number of aryl methyl sites for hydroxylation is 1. The maximum atomic E-state index is 11.8. The number of benzene rings is 1. The van der Waals surface area contributed by atoms with Gasteiger partial charge in [0, 0.05) is 17.7 Å². The van der Waals surface area contributed by atoms with E-state index in [1.807, 2.05) is 24.3 Å². The molecule has 1 amide bonds. The average molecular weight is 386 g/mol. The van der Waals surface area contributed by atoms with Crippen LogP contribution in [0.3, 0.4) is 0 Å². The molecule has 0 radical (unpaired) electrons. The summed E-state index contributed by atoms with van der Waals surface area (Å²) in [4.78, 5) is 11.8. The second kappa shape index (κ2) is 6.12. The number of hydrogen-bond acceptors (Lipinski definition) is 3. The monoisotopic (exact) mass is 384 g/mol. The van der Waals surface area contributed by atoms with E-state index in [0.717, 1.165) is 10.0 Å². The van der Waals surface area contributed by atoms with Crippen molar-refractivity contribution in [1.29, 1.82) is 0 Å². The van der Waals surface area contributed by atoms with Crippen LogP contribution in [0.2, 0.25) is 0 Å². The topological polar surface area (TPSA) is 59.3 Å². The van der Waals surface area contributed by atoms with E-state index >= 15 is 0 Å². The van der Waals surface area contributed by atoms with Gasteiger partial charge in [0.2, 0.25) is 0 Å². The first kappa shape index (κ1) is 14.0. The third kappa shape index (κ3) is 3.74. The summed E-state index contributed by atoms with van der Waals surface area (Å²) >= 11 is 6.61. The minimum absolute atomic E-state index is 0.301. The summed E-state index contributed by atoms with van der Waals surface area (Å²) in [5.41, 5.74) is 3.62. The molecule has 0 spiro atoms. The van der Waals surface area contributed by atoms with Crippen molar-refractivity contribution in [3.05, 3.63) is 50.7 Å². The molecule has 0 aliphatic rings. The second-order valence-corrected chi connectivity index (χ2v) is 5.52. The van der Waals surface area contributed by atoms with Crippen LogP contribution in [0.4, 0.5) is 0 Å². The lowest BCUT2D eigenvalue weighted by Crippen LogP contribution is -2.18. The molecule has 98 valence electrons. The summed E-state index contributed by atoms with van der Waals surface area (Å²) < 4.78 is 3.18. The smallest absolute Gasteiger partial charge is 0.274 e. The van der Waals surface area contributed by atoms with Crippen molar-refractivity contribution < 1.29 is 4.79 Å². The van der Waals surface area contributed by atoms with Crippen LogP contribution in [0.5, 0.6) is 0 Å². The van der Waals surface area contributed by atoms with Gasteiger partial charge in [-0.05, 0) is 33.6 Å². The lowest BCUT2D eigenvalue weighted by molar-refractivity contribution is 0.0948. The lowest BCUT2D eigenvalue weighted by atomic mass is 10.2. The van der Waals surface area contributed by atoms with Crippen molar-refractivity contribution in [1.82, 2.24) is 15.2 Å². The number of hydrogen-bond donors (Lipinski definition) is 1. The zero-order valence-corrected chi connectivity index (χ0v) is 13.1. The Kier molecular flexibility index (Phi) is 4.49. The van der Waals surface area contributed by atoms with Gasteiger partial charge in [-0.15, -0.1) is 0 Å². The van der Waals surface area contributed by atoms with E-state index in [-0.39, 0.29) is 5.91 Å². The van der Waals surface area contributed by atoms with Crippen LogP contribution in [0.15, 0.2) is 44.5 Å². The summed E-state index contributed by atoms with van der Waals surface area (Å²) in [6.07, 6.45) is 3.27. The summed E-state index contributed by atoms with van der Waals surface area (Å²) in [6, 6.07) is 7.57. The fraction of sp³-hybridized carbons (Fsp3) is 0.0833. The van der Waals surface area contributed by atoms with E-state index in [4.69, 9.17) is 0 Å². The molecule has 1 aromatic heterocycles. The number of rotatable bonds is 3. The van der Waals surface area contributed by atoms with Crippen LogP contribution in [-0.4, -0.2) is 21.9 Å². The van der Waals surface area contributed by atoms with Crippen molar-refractivity contribution in [2.24, 2.45) is 12.1 Å². The molecule has 1 N–H and O–H groups in total. The van der Waals surface area contributed by atoms with Crippen LogP contribution < -0.4 is 5.43 Å². The van der Waals surface area contributed by atoms with Crippen LogP contribution in [-0.2, 0) is 7.05 Å². The normalized spacial score (nSPS) is 10.9. The number of carbonyl (C=O) groups is 1. The average Bonchev–Trinajstić information content (AvgIpc) is 2.71. The molecule has 0 saturated heterocycles. The number of halogens is 2. The van der Waals surface area contributed by atoms with Crippen LogP contribution in [0.25, 0.3) is 0 Å². The number of hydrazone groups is 1.